The Morgan fingerprint density at radius 3 is 3.00 bits per heavy atom. The molecule has 1 fully saturated rings. The first-order valence-electron chi connectivity index (χ1n) is 5.28. The van der Waals surface area contributed by atoms with Crippen molar-refractivity contribution in [1.82, 2.24) is 4.90 Å². The number of halogens is 2. The van der Waals surface area contributed by atoms with E-state index in [-0.39, 0.29) is 17.6 Å². The number of rotatable bonds is 2. The summed E-state index contributed by atoms with van der Waals surface area (Å²) in [6.45, 7) is 0.829. The molecule has 1 atom stereocenters. The Labute approximate surface area is 104 Å². The van der Waals surface area contributed by atoms with Gasteiger partial charge >= 0.3 is 0 Å². The Balaban J connectivity index is 2.14. The number of carbonyl (C=O) groups is 1. The van der Waals surface area contributed by atoms with Crippen molar-refractivity contribution >= 4 is 17.5 Å². The smallest absolute Gasteiger partial charge is 0.224 e. The molecule has 1 aliphatic rings. The maximum Gasteiger partial charge on any atom is 0.224 e. The Kier molecular flexibility index (Phi) is 3.35. The van der Waals surface area contributed by atoms with Gasteiger partial charge in [-0.1, -0.05) is 11.6 Å². The summed E-state index contributed by atoms with van der Waals surface area (Å²) in [6.07, 6.45) is 5.66. The lowest BCUT2D eigenvalue weighted by Crippen LogP contribution is -2.24. The van der Waals surface area contributed by atoms with Crippen LogP contribution in [0.15, 0.2) is 18.2 Å². The zero-order chi connectivity index (χ0) is 12.4. The van der Waals surface area contributed by atoms with Gasteiger partial charge in [-0.2, -0.15) is 0 Å². The molecule has 0 aromatic heterocycles. The number of terminal acetylenes is 1. The zero-order valence-corrected chi connectivity index (χ0v) is 9.88. The van der Waals surface area contributed by atoms with Gasteiger partial charge in [-0.3, -0.25) is 4.79 Å². The summed E-state index contributed by atoms with van der Waals surface area (Å²) in [5.41, 5.74) is 0.609. The first-order chi connectivity index (χ1) is 8.10. The van der Waals surface area contributed by atoms with Crippen LogP contribution in [0.4, 0.5) is 4.39 Å². The van der Waals surface area contributed by atoms with E-state index in [1.165, 1.54) is 18.2 Å². The highest BCUT2D eigenvalue weighted by atomic mass is 35.5. The normalized spacial score (nSPS) is 19.5. The predicted molar refractivity (Wildman–Crippen MR) is 63.8 cm³/mol. The standard InChI is InChI=1S/C13H11ClFNO/c1-2-9-5-13(17)16(7-9)8-10-6-11(15)3-4-12(10)14/h1,3-4,6,9H,5,7-8H2. The molecule has 1 amide bonds. The summed E-state index contributed by atoms with van der Waals surface area (Å²) in [7, 11) is 0. The number of carbonyl (C=O) groups excluding carboxylic acids is 1. The van der Waals surface area contributed by atoms with Gasteiger partial charge in [0, 0.05) is 30.5 Å². The molecule has 2 rings (SSSR count). The maximum absolute atomic E-state index is 13.1. The van der Waals surface area contributed by atoms with Crippen molar-refractivity contribution in [2.75, 3.05) is 6.54 Å². The van der Waals surface area contributed by atoms with Crippen molar-refractivity contribution < 1.29 is 9.18 Å². The van der Waals surface area contributed by atoms with Crippen molar-refractivity contribution in [1.29, 1.82) is 0 Å². The van der Waals surface area contributed by atoms with Gasteiger partial charge < -0.3 is 4.90 Å². The van der Waals surface area contributed by atoms with Gasteiger partial charge in [0.25, 0.3) is 0 Å². The van der Waals surface area contributed by atoms with Gasteiger partial charge in [-0.05, 0) is 23.8 Å². The fourth-order valence-corrected chi connectivity index (χ4v) is 2.08. The zero-order valence-electron chi connectivity index (χ0n) is 9.12. The van der Waals surface area contributed by atoms with Crippen LogP contribution >= 0.6 is 11.6 Å². The number of amides is 1. The largest absolute Gasteiger partial charge is 0.337 e. The van der Waals surface area contributed by atoms with Gasteiger partial charge in [0.05, 0.1) is 0 Å². The molecule has 1 aromatic carbocycles. The molecule has 0 radical (unpaired) electrons. The van der Waals surface area contributed by atoms with E-state index in [4.69, 9.17) is 18.0 Å². The van der Waals surface area contributed by atoms with Crippen molar-refractivity contribution in [2.45, 2.75) is 13.0 Å². The highest BCUT2D eigenvalue weighted by molar-refractivity contribution is 6.31. The number of hydrogen-bond acceptors (Lipinski definition) is 1. The lowest BCUT2D eigenvalue weighted by molar-refractivity contribution is -0.128. The number of likely N-dealkylation sites (tertiary alicyclic amines) is 1. The third kappa shape index (κ3) is 2.59. The Morgan fingerprint density at radius 1 is 1.59 bits per heavy atom. The molecule has 17 heavy (non-hydrogen) atoms. The van der Waals surface area contributed by atoms with E-state index < -0.39 is 0 Å². The maximum atomic E-state index is 13.1. The molecule has 2 nitrogen and oxygen atoms in total. The molecule has 0 N–H and O–H groups in total. The molecule has 0 saturated carbocycles. The minimum Gasteiger partial charge on any atom is -0.337 e. The van der Waals surface area contributed by atoms with E-state index in [2.05, 4.69) is 5.92 Å². The fourth-order valence-electron chi connectivity index (χ4n) is 1.91. The van der Waals surface area contributed by atoms with Crippen LogP contribution in [0.25, 0.3) is 0 Å². The number of nitrogens with zero attached hydrogens (tertiary/aromatic N) is 1. The first-order valence-corrected chi connectivity index (χ1v) is 5.66. The van der Waals surface area contributed by atoms with Crippen LogP contribution in [-0.4, -0.2) is 17.4 Å². The summed E-state index contributed by atoms with van der Waals surface area (Å²) < 4.78 is 13.1. The predicted octanol–water partition coefficient (Wildman–Crippen LogP) is 2.46. The second kappa shape index (κ2) is 4.77. The molecule has 88 valence electrons. The van der Waals surface area contributed by atoms with Gasteiger partial charge in [-0.15, -0.1) is 12.3 Å². The first kappa shape index (κ1) is 11.9. The molecule has 1 saturated heterocycles. The lowest BCUT2D eigenvalue weighted by atomic mass is 10.1. The quantitative estimate of drug-likeness (QED) is 0.740. The topological polar surface area (TPSA) is 20.3 Å². The van der Waals surface area contributed by atoms with E-state index in [9.17, 15) is 9.18 Å². The van der Waals surface area contributed by atoms with Gasteiger partial charge in [0.2, 0.25) is 5.91 Å². The molecular formula is C13H11ClFNO. The molecule has 0 spiro atoms. The van der Waals surface area contributed by atoms with E-state index in [1.54, 1.807) is 4.90 Å². The van der Waals surface area contributed by atoms with Crippen LogP contribution in [0.2, 0.25) is 5.02 Å². The Morgan fingerprint density at radius 2 is 2.35 bits per heavy atom. The monoisotopic (exact) mass is 251 g/mol. The third-order valence-corrected chi connectivity index (χ3v) is 3.19. The van der Waals surface area contributed by atoms with Crippen LogP contribution in [-0.2, 0) is 11.3 Å². The summed E-state index contributed by atoms with van der Waals surface area (Å²) in [4.78, 5) is 13.3. The van der Waals surface area contributed by atoms with Gasteiger partial charge in [-0.25, -0.2) is 4.39 Å². The van der Waals surface area contributed by atoms with E-state index in [1.807, 2.05) is 0 Å². The average Bonchev–Trinajstić information content (AvgIpc) is 2.65. The molecule has 4 heteroatoms. The summed E-state index contributed by atoms with van der Waals surface area (Å²) in [5.74, 6) is 2.16. The van der Waals surface area contributed by atoms with Crippen molar-refractivity contribution in [3.63, 3.8) is 0 Å². The van der Waals surface area contributed by atoms with E-state index in [0.717, 1.165) is 0 Å². The average molecular weight is 252 g/mol. The van der Waals surface area contributed by atoms with E-state index in [0.29, 0.717) is 30.1 Å². The van der Waals surface area contributed by atoms with Crippen LogP contribution in [0.1, 0.15) is 12.0 Å². The van der Waals surface area contributed by atoms with Gasteiger partial charge in [0.1, 0.15) is 5.82 Å². The van der Waals surface area contributed by atoms with E-state index >= 15 is 0 Å². The lowest BCUT2D eigenvalue weighted by Gasteiger charge is -2.16. The van der Waals surface area contributed by atoms with Crippen LogP contribution in [0.5, 0.6) is 0 Å². The molecule has 0 aliphatic carbocycles. The number of benzene rings is 1. The number of hydrogen-bond donors (Lipinski definition) is 0. The molecule has 1 heterocycles. The molecular weight excluding hydrogens is 241 g/mol. The third-order valence-electron chi connectivity index (χ3n) is 2.82. The van der Waals surface area contributed by atoms with Crippen molar-refractivity contribution in [3.8, 4) is 12.3 Å². The van der Waals surface area contributed by atoms with Gasteiger partial charge in [0.15, 0.2) is 0 Å². The second-order valence-electron chi connectivity index (χ2n) is 4.08. The summed E-state index contributed by atoms with van der Waals surface area (Å²) in [6, 6.07) is 4.13. The molecule has 1 unspecified atom stereocenters. The second-order valence-corrected chi connectivity index (χ2v) is 4.48. The molecule has 1 aromatic rings. The highest BCUT2D eigenvalue weighted by Crippen LogP contribution is 2.23. The minimum atomic E-state index is -0.357. The van der Waals surface area contributed by atoms with Crippen molar-refractivity contribution in [2.24, 2.45) is 5.92 Å². The molecule has 1 aliphatic heterocycles. The molecule has 0 bridgehead atoms. The highest BCUT2D eigenvalue weighted by Gasteiger charge is 2.28. The Bertz CT molecular complexity index is 495. The van der Waals surface area contributed by atoms with Crippen LogP contribution in [0, 0.1) is 24.1 Å². The van der Waals surface area contributed by atoms with Crippen LogP contribution < -0.4 is 0 Å². The summed E-state index contributed by atoms with van der Waals surface area (Å²) in [5, 5.41) is 0.461. The van der Waals surface area contributed by atoms with Crippen LogP contribution in [0.3, 0.4) is 0 Å². The van der Waals surface area contributed by atoms with Crippen molar-refractivity contribution in [3.05, 3.63) is 34.6 Å². The fraction of sp³-hybridized carbons (Fsp3) is 0.308. The Hall–Kier alpha value is -1.53. The minimum absolute atomic E-state index is 0.00622. The SMILES string of the molecule is C#CC1CC(=O)N(Cc2cc(F)ccc2Cl)C1. The summed E-state index contributed by atoms with van der Waals surface area (Å²) >= 11 is 5.95.